The number of Topliss-reactive ketones (excluding diaryl/α,β-unsaturated/α-hetero) is 1. The Morgan fingerprint density at radius 1 is 1.03 bits per heavy atom. The molecule has 1 aromatic heterocycles. The van der Waals surface area contributed by atoms with Crippen LogP contribution in [-0.2, 0) is 9.59 Å². The second-order valence-corrected chi connectivity index (χ2v) is 8.13. The number of nitrogens with zero attached hydrogens (tertiary/aromatic N) is 1. The molecule has 0 bridgehead atoms. The zero-order chi connectivity index (χ0) is 23.5. The third-order valence-electron chi connectivity index (χ3n) is 5.33. The number of ether oxygens (including phenoxy) is 3. The first kappa shape index (κ1) is 22.4. The number of rotatable bonds is 7. The van der Waals surface area contributed by atoms with E-state index in [9.17, 15) is 14.7 Å². The lowest BCUT2D eigenvalue weighted by molar-refractivity contribution is -0.132. The van der Waals surface area contributed by atoms with Crippen molar-refractivity contribution in [1.29, 1.82) is 0 Å². The van der Waals surface area contributed by atoms with Crippen molar-refractivity contribution < 1.29 is 28.9 Å². The first-order chi connectivity index (χ1) is 16.0. The lowest BCUT2D eigenvalue weighted by atomic mass is 9.98. The van der Waals surface area contributed by atoms with Gasteiger partial charge in [0, 0.05) is 16.6 Å². The Morgan fingerprint density at radius 2 is 1.73 bits per heavy atom. The van der Waals surface area contributed by atoms with Crippen LogP contribution in [0.4, 0.5) is 5.69 Å². The summed E-state index contributed by atoms with van der Waals surface area (Å²) < 4.78 is 16.4. The van der Waals surface area contributed by atoms with E-state index < -0.39 is 17.7 Å². The molecule has 8 heteroatoms. The number of hydrogen-bond acceptors (Lipinski definition) is 7. The maximum Gasteiger partial charge on any atom is 0.300 e. The number of carbonyl (C=O) groups is 2. The Hall–Kier alpha value is -3.78. The molecular weight excluding hydrogens is 442 g/mol. The summed E-state index contributed by atoms with van der Waals surface area (Å²) in [6.07, 6.45) is 0. The highest BCUT2D eigenvalue weighted by atomic mass is 32.1. The molecule has 0 radical (unpaired) electrons. The minimum absolute atomic E-state index is 0.0351. The second kappa shape index (κ2) is 9.38. The van der Waals surface area contributed by atoms with Crippen molar-refractivity contribution in [1.82, 2.24) is 0 Å². The first-order valence-electron chi connectivity index (χ1n) is 10.3. The van der Waals surface area contributed by atoms with Crippen molar-refractivity contribution in [2.75, 3.05) is 25.7 Å². The van der Waals surface area contributed by atoms with Crippen LogP contribution < -0.4 is 19.1 Å². The Kier molecular flexibility index (Phi) is 6.37. The fourth-order valence-corrected chi connectivity index (χ4v) is 4.75. The molecular formula is C25H23NO6S. The lowest BCUT2D eigenvalue weighted by Gasteiger charge is -2.25. The van der Waals surface area contributed by atoms with Crippen LogP contribution >= 0.6 is 11.3 Å². The van der Waals surface area contributed by atoms with Gasteiger partial charge in [-0.25, -0.2) is 0 Å². The molecule has 1 unspecified atom stereocenters. The number of anilines is 1. The monoisotopic (exact) mass is 465 g/mol. The van der Waals surface area contributed by atoms with Gasteiger partial charge in [0.15, 0.2) is 0 Å². The fraction of sp³-hybridized carbons (Fsp3) is 0.200. The van der Waals surface area contributed by atoms with Gasteiger partial charge in [-0.2, -0.15) is 0 Å². The van der Waals surface area contributed by atoms with Crippen LogP contribution in [0, 0.1) is 0 Å². The van der Waals surface area contributed by atoms with Crippen LogP contribution in [0.25, 0.3) is 5.76 Å². The van der Waals surface area contributed by atoms with E-state index in [-0.39, 0.29) is 16.9 Å². The number of ketones is 1. The van der Waals surface area contributed by atoms with Crippen LogP contribution in [-0.4, -0.2) is 37.6 Å². The van der Waals surface area contributed by atoms with Gasteiger partial charge in [0.05, 0.1) is 26.4 Å². The van der Waals surface area contributed by atoms with E-state index in [2.05, 4.69) is 0 Å². The molecule has 1 aliphatic heterocycles. The number of thiophene rings is 1. The van der Waals surface area contributed by atoms with E-state index in [1.54, 1.807) is 42.5 Å². The van der Waals surface area contributed by atoms with E-state index >= 15 is 0 Å². The van der Waals surface area contributed by atoms with Crippen LogP contribution in [0.1, 0.15) is 23.4 Å². The van der Waals surface area contributed by atoms with Gasteiger partial charge in [0.2, 0.25) is 0 Å². The van der Waals surface area contributed by atoms with Gasteiger partial charge >= 0.3 is 0 Å². The van der Waals surface area contributed by atoms with E-state index in [4.69, 9.17) is 14.2 Å². The zero-order valence-electron chi connectivity index (χ0n) is 18.4. The topological polar surface area (TPSA) is 85.3 Å². The highest BCUT2D eigenvalue weighted by Gasteiger charge is 2.48. The predicted molar refractivity (Wildman–Crippen MR) is 126 cm³/mol. The molecule has 4 rings (SSSR count). The second-order valence-electron chi connectivity index (χ2n) is 7.15. The molecule has 1 N–H and O–H groups in total. The predicted octanol–water partition coefficient (Wildman–Crippen LogP) is 4.79. The van der Waals surface area contributed by atoms with Gasteiger partial charge in [-0.15, -0.1) is 11.3 Å². The van der Waals surface area contributed by atoms with Crippen LogP contribution in [0.5, 0.6) is 17.2 Å². The van der Waals surface area contributed by atoms with Gasteiger partial charge < -0.3 is 19.3 Å². The summed E-state index contributed by atoms with van der Waals surface area (Å²) in [5.74, 6) is -0.668. The van der Waals surface area contributed by atoms with Crippen molar-refractivity contribution in [3.05, 3.63) is 76.0 Å². The van der Waals surface area contributed by atoms with E-state index in [1.165, 1.54) is 30.5 Å². The maximum atomic E-state index is 13.3. The van der Waals surface area contributed by atoms with E-state index in [0.29, 0.717) is 29.5 Å². The number of aliphatic hydroxyl groups excluding tert-OH is 1. The molecule has 170 valence electrons. The summed E-state index contributed by atoms with van der Waals surface area (Å²) in [4.78, 5) is 28.7. The van der Waals surface area contributed by atoms with Gasteiger partial charge in [-0.3, -0.25) is 14.5 Å². The van der Waals surface area contributed by atoms with Crippen molar-refractivity contribution in [2.45, 2.75) is 13.0 Å². The summed E-state index contributed by atoms with van der Waals surface area (Å²) in [5.41, 5.74) is 0.671. The normalized spacial score (nSPS) is 17.3. The van der Waals surface area contributed by atoms with Crippen molar-refractivity contribution in [2.24, 2.45) is 0 Å². The number of methoxy groups -OCH3 is 2. The Balaban J connectivity index is 1.95. The summed E-state index contributed by atoms with van der Waals surface area (Å²) in [6, 6.07) is 14.8. The zero-order valence-corrected chi connectivity index (χ0v) is 19.2. The van der Waals surface area contributed by atoms with Crippen molar-refractivity contribution >= 4 is 34.5 Å². The summed E-state index contributed by atoms with van der Waals surface area (Å²) in [6.45, 7) is 2.33. The minimum atomic E-state index is -0.823. The number of carbonyl (C=O) groups excluding carboxylic acids is 2. The molecule has 0 saturated carbocycles. The highest BCUT2D eigenvalue weighted by molar-refractivity contribution is 7.10. The average Bonchev–Trinajstić information content (AvgIpc) is 3.45. The Bertz CT molecular complexity index is 1200. The van der Waals surface area contributed by atoms with Gasteiger partial charge in [0.25, 0.3) is 11.7 Å². The van der Waals surface area contributed by atoms with Gasteiger partial charge in [0.1, 0.15) is 34.6 Å². The van der Waals surface area contributed by atoms with Crippen LogP contribution in [0.15, 0.2) is 65.6 Å². The van der Waals surface area contributed by atoms with E-state index in [0.717, 1.165) is 4.88 Å². The first-order valence-corrected chi connectivity index (χ1v) is 11.2. The highest BCUT2D eigenvalue weighted by Crippen LogP contribution is 2.46. The summed E-state index contributed by atoms with van der Waals surface area (Å²) in [5, 5.41) is 13.3. The number of hydrogen-bond donors (Lipinski definition) is 1. The van der Waals surface area contributed by atoms with Crippen LogP contribution in [0.2, 0.25) is 0 Å². The number of amides is 1. The molecule has 2 aromatic carbocycles. The molecule has 1 amide bonds. The van der Waals surface area contributed by atoms with Crippen molar-refractivity contribution in [3.63, 3.8) is 0 Å². The summed E-state index contributed by atoms with van der Waals surface area (Å²) in [7, 11) is 2.92. The maximum absolute atomic E-state index is 13.3. The fourth-order valence-electron chi connectivity index (χ4n) is 3.92. The number of aliphatic hydroxyl groups is 1. The molecule has 1 saturated heterocycles. The summed E-state index contributed by atoms with van der Waals surface area (Å²) >= 11 is 1.39. The Morgan fingerprint density at radius 3 is 2.33 bits per heavy atom. The molecule has 0 aliphatic carbocycles. The lowest BCUT2D eigenvalue weighted by Crippen LogP contribution is -2.29. The third kappa shape index (κ3) is 3.93. The molecule has 1 atom stereocenters. The largest absolute Gasteiger partial charge is 0.506 e. The molecule has 33 heavy (non-hydrogen) atoms. The smallest absolute Gasteiger partial charge is 0.300 e. The molecule has 1 aliphatic rings. The van der Waals surface area contributed by atoms with E-state index in [1.807, 2.05) is 24.4 Å². The van der Waals surface area contributed by atoms with Gasteiger partial charge in [-0.05, 0) is 42.6 Å². The molecule has 1 fully saturated rings. The minimum Gasteiger partial charge on any atom is -0.506 e. The molecule has 0 spiro atoms. The number of benzene rings is 2. The van der Waals surface area contributed by atoms with Crippen molar-refractivity contribution in [3.8, 4) is 17.2 Å². The molecule has 7 nitrogen and oxygen atoms in total. The third-order valence-corrected chi connectivity index (χ3v) is 6.25. The standard InChI is InChI=1S/C25H23NO6S/c1-4-32-16-9-5-8-15(14-16)26-22(19-12-7-13-33-19)21(24(28)25(26)29)23(27)20-17(30-2)10-6-11-18(20)31-3/h5-14,22,27H,4H2,1-3H3/b23-21+. The average molecular weight is 466 g/mol. The Labute approximate surface area is 195 Å². The van der Waals surface area contributed by atoms with Gasteiger partial charge in [-0.1, -0.05) is 18.2 Å². The SMILES string of the molecule is CCOc1cccc(N2C(=O)C(=O)/C(=C(/O)c3c(OC)cccc3OC)C2c2cccs2)c1. The van der Waals surface area contributed by atoms with Crippen LogP contribution in [0.3, 0.4) is 0 Å². The molecule has 2 heterocycles. The quantitative estimate of drug-likeness (QED) is 0.307. The molecule has 3 aromatic rings.